The second kappa shape index (κ2) is 7.38. The Balaban J connectivity index is 1.79. The summed E-state index contributed by atoms with van der Waals surface area (Å²) in [7, 11) is 2.15. The highest BCUT2D eigenvalue weighted by atomic mass is 79.9. The van der Waals surface area contributed by atoms with Crippen LogP contribution in [0.15, 0.2) is 16.7 Å². The molecule has 0 atom stereocenters. The molecule has 1 aromatic rings. The number of hydrogen-bond acceptors (Lipinski definition) is 3. The average molecular weight is 361 g/mol. The summed E-state index contributed by atoms with van der Waals surface area (Å²) in [4.78, 5) is 18.4. The van der Waals surface area contributed by atoms with Crippen molar-refractivity contribution in [3.8, 4) is 0 Å². The van der Waals surface area contributed by atoms with Crippen molar-refractivity contribution in [2.24, 2.45) is 5.92 Å². The summed E-state index contributed by atoms with van der Waals surface area (Å²) in [6, 6.07) is 1.69. The number of halogens is 2. The first-order chi connectivity index (χ1) is 9.56. The summed E-state index contributed by atoms with van der Waals surface area (Å²) < 4.78 is 0.752. The minimum atomic E-state index is -0.156. The van der Waals surface area contributed by atoms with Crippen LogP contribution in [0.1, 0.15) is 29.6 Å². The zero-order chi connectivity index (χ0) is 14.5. The van der Waals surface area contributed by atoms with Gasteiger partial charge in [0.15, 0.2) is 0 Å². The van der Waals surface area contributed by atoms with E-state index in [0.29, 0.717) is 18.0 Å². The van der Waals surface area contributed by atoms with Crippen molar-refractivity contribution in [2.75, 3.05) is 26.7 Å². The number of likely N-dealkylation sites (tertiary alicyclic amines) is 1. The highest BCUT2D eigenvalue weighted by Gasteiger charge is 2.17. The zero-order valence-corrected chi connectivity index (χ0v) is 13.9. The van der Waals surface area contributed by atoms with Crippen molar-refractivity contribution >= 4 is 33.4 Å². The summed E-state index contributed by atoms with van der Waals surface area (Å²) in [6.45, 7) is 3.00. The lowest BCUT2D eigenvalue weighted by atomic mass is 9.94. The molecule has 110 valence electrons. The maximum Gasteiger partial charge on any atom is 0.254 e. The van der Waals surface area contributed by atoms with Gasteiger partial charge in [-0.3, -0.25) is 4.79 Å². The van der Waals surface area contributed by atoms with Crippen LogP contribution < -0.4 is 5.32 Å². The Morgan fingerprint density at radius 2 is 2.25 bits per heavy atom. The quantitative estimate of drug-likeness (QED) is 0.840. The Labute approximate surface area is 133 Å². The van der Waals surface area contributed by atoms with E-state index >= 15 is 0 Å². The Hall–Kier alpha value is -0.650. The molecule has 1 aliphatic heterocycles. The summed E-state index contributed by atoms with van der Waals surface area (Å²) in [5, 5.41) is 3.17. The van der Waals surface area contributed by atoms with E-state index in [2.05, 4.69) is 38.2 Å². The molecule has 0 radical (unpaired) electrons. The summed E-state index contributed by atoms with van der Waals surface area (Å²) in [6.07, 6.45) is 5.04. The summed E-state index contributed by atoms with van der Waals surface area (Å²) in [5.41, 5.74) is 0.421. The van der Waals surface area contributed by atoms with Crippen LogP contribution >= 0.6 is 27.5 Å². The number of carbonyl (C=O) groups excluding carboxylic acids is 1. The molecule has 4 nitrogen and oxygen atoms in total. The van der Waals surface area contributed by atoms with E-state index in [-0.39, 0.29) is 11.1 Å². The third kappa shape index (κ3) is 4.43. The smallest absolute Gasteiger partial charge is 0.254 e. The van der Waals surface area contributed by atoms with Crippen LogP contribution in [-0.2, 0) is 0 Å². The lowest BCUT2D eigenvalue weighted by molar-refractivity contribution is 0.0948. The molecule has 6 heteroatoms. The molecular weight excluding hydrogens is 342 g/mol. The van der Waals surface area contributed by atoms with Crippen molar-refractivity contribution in [2.45, 2.75) is 19.3 Å². The van der Waals surface area contributed by atoms with Gasteiger partial charge in [0.25, 0.3) is 5.91 Å². The van der Waals surface area contributed by atoms with E-state index in [1.165, 1.54) is 12.8 Å². The molecule has 1 N–H and O–H groups in total. The Kier molecular flexibility index (Phi) is 5.81. The molecule has 0 bridgehead atoms. The van der Waals surface area contributed by atoms with Crippen LogP contribution in [0.3, 0.4) is 0 Å². The van der Waals surface area contributed by atoms with Crippen molar-refractivity contribution in [3.05, 3.63) is 27.5 Å². The molecule has 20 heavy (non-hydrogen) atoms. The van der Waals surface area contributed by atoms with Gasteiger partial charge in [0.05, 0.1) is 5.56 Å². The monoisotopic (exact) mass is 359 g/mol. The van der Waals surface area contributed by atoms with Gasteiger partial charge < -0.3 is 10.2 Å². The molecule has 0 aliphatic carbocycles. The molecule has 0 aromatic carbocycles. The number of piperidine rings is 1. The Bertz CT molecular complexity index is 475. The van der Waals surface area contributed by atoms with Crippen molar-refractivity contribution < 1.29 is 4.79 Å². The van der Waals surface area contributed by atoms with Crippen LogP contribution in [0.25, 0.3) is 0 Å². The minimum absolute atomic E-state index is 0.156. The van der Waals surface area contributed by atoms with Gasteiger partial charge in [-0.2, -0.15) is 0 Å². The number of hydrogen-bond donors (Lipinski definition) is 1. The molecule has 0 spiro atoms. The second-order valence-electron chi connectivity index (χ2n) is 5.28. The topological polar surface area (TPSA) is 45.2 Å². The van der Waals surface area contributed by atoms with Crippen LogP contribution in [0.5, 0.6) is 0 Å². The predicted molar refractivity (Wildman–Crippen MR) is 84.1 cm³/mol. The van der Waals surface area contributed by atoms with Crippen molar-refractivity contribution in [1.82, 2.24) is 15.2 Å². The van der Waals surface area contributed by atoms with Gasteiger partial charge in [0, 0.05) is 17.2 Å². The second-order valence-corrected chi connectivity index (χ2v) is 6.56. The van der Waals surface area contributed by atoms with Gasteiger partial charge in [-0.15, -0.1) is 0 Å². The Morgan fingerprint density at radius 3 is 2.95 bits per heavy atom. The van der Waals surface area contributed by atoms with Crippen LogP contribution in [0, 0.1) is 5.92 Å². The highest BCUT2D eigenvalue weighted by Crippen LogP contribution is 2.20. The van der Waals surface area contributed by atoms with E-state index in [4.69, 9.17) is 11.6 Å². The largest absolute Gasteiger partial charge is 0.352 e. The van der Waals surface area contributed by atoms with Gasteiger partial charge in [-0.05, 0) is 67.3 Å². The number of nitrogens with one attached hydrogen (secondary N) is 1. The standard InChI is InChI=1S/C14H19BrClN3O/c1-19-6-3-10(4-7-19)2-5-17-14(20)12-8-11(15)9-18-13(12)16/h8-10H,2-7H2,1H3,(H,17,20). The molecule has 1 amide bonds. The van der Waals surface area contributed by atoms with E-state index in [1.807, 2.05) is 0 Å². The van der Waals surface area contributed by atoms with Crippen molar-refractivity contribution in [1.29, 1.82) is 0 Å². The molecule has 0 saturated carbocycles. The molecule has 1 saturated heterocycles. The van der Waals surface area contributed by atoms with Crippen molar-refractivity contribution in [3.63, 3.8) is 0 Å². The van der Waals surface area contributed by atoms with Crippen LogP contribution in [0.4, 0.5) is 0 Å². The number of amides is 1. The number of nitrogens with zero attached hydrogens (tertiary/aromatic N) is 2. The average Bonchev–Trinajstić information content (AvgIpc) is 2.43. The lowest BCUT2D eigenvalue weighted by Gasteiger charge is -2.28. The van der Waals surface area contributed by atoms with Gasteiger partial charge in [-0.25, -0.2) is 4.98 Å². The lowest BCUT2D eigenvalue weighted by Crippen LogP contribution is -2.32. The third-order valence-corrected chi connectivity index (χ3v) is 4.46. The molecular formula is C14H19BrClN3O. The molecule has 2 rings (SSSR count). The molecule has 1 aliphatic rings. The number of aromatic nitrogens is 1. The van der Waals surface area contributed by atoms with E-state index < -0.39 is 0 Å². The predicted octanol–water partition coefficient (Wildman–Crippen LogP) is 2.96. The minimum Gasteiger partial charge on any atom is -0.352 e. The van der Waals surface area contributed by atoms with E-state index in [0.717, 1.165) is 24.0 Å². The fraction of sp³-hybridized carbons (Fsp3) is 0.571. The van der Waals surface area contributed by atoms with E-state index in [1.54, 1.807) is 12.3 Å². The highest BCUT2D eigenvalue weighted by molar-refractivity contribution is 9.10. The molecule has 1 fully saturated rings. The molecule has 0 unspecified atom stereocenters. The normalized spacial score (nSPS) is 17.1. The van der Waals surface area contributed by atoms with Gasteiger partial charge in [-0.1, -0.05) is 11.6 Å². The number of rotatable bonds is 4. The molecule has 2 heterocycles. The maximum absolute atomic E-state index is 12.0. The number of carbonyl (C=O) groups is 1. The van der Waals surface area contributed by atoms with Gasteiger partial charge in [0.1, 0.15) is 5.15 Å². The summed E-state index contributed by atoms with van der Waals surface area (Å²) >= 11 is 9.23. The van der Waals surface area contributed by atoms with Crippen LogP contribution in [-0.4, -0.2) is 42.5 Å². The SMILES string of the molecule is CN1CCC(CCNC(=O)c2cc(Br)cnc2Cl)CC1. The maximum atomic E-state index is 12.0. The van der Waals surface area contributed by atoms with E-state index in [9.17, 15) is 4.79 Å². The van der Waals surface area contributed by atoms with Gasteiger partial charge in [0.2, 0.25) is 0 Å². The first kappa shape index (κ1) is 15.7. The zero-order valence-electron chi connectivity index (χ0n) is 11.5. The fourth-order valence-corrected chi connectivity index (χ4v) is 2.94. The third-order valence-electron chi connectivity index (χ3n) is 3.73. The first-order valence-corrected chi connectivity index (χ1v) is 8.01. The number of pyridine rings is 1. The Morgan fingerprint density at radius 1 is 1.55 bits per heavy atom. The first-order valence-electron chi connectivity index (χ1n) is 6.84. The van der Waals surface area contributed by atoms with Gasteiger partial charge >= 0.3 is 0 Å². The molecule has 1 aromatic heterocycles. The van der Waals surface area contributed by atoms with Crippen LogP contribution in [0.2, 0.25) is 5.15 Å². The summed E-state index contributed by atoms with van der Waals surface area (Å²) in [5.74, 6) is 0.555. The fourth-order valence-electron chi connectivity index (χ4n) is 2.42.